The Kier molecular flexibility index (Phi) is 6.44. The van der Waals surface area contributed by atoms with Crippen molar-refractivity contribution in [3.63, 3.8) is 0 Å². The number of benzene rings is 1. The minimum atomic E-state index is 0.590. The predicted octanol–water partition coefficient (Wildman–Crippen LogP) is 2.88. The standard InChI is InChI=1S/C16H20N4OS/c1-2-21-14-8-6-13(7-9-14)20-16(22)19-12-11-18-15-5-3-4-10-17-15/h3-10H,2,11-12H2,1H3,(H,17,18)(H2,19,20,22). The van der Waals surface area contributed by atoms with Crippen molar-refractivity contribution < 1.29 is 4.74 Å². The molecule has 0 aliphatic heterocycles. The smallest absolute Gasteiger partial charge is 0.170 e. The molecule has 0 aliphatic carbocycles. The fourth-order valence-corrected chi connectivity index (χ4v) is 2.03. The van der Waals surface area contributed by atoms with E-state index < -0.39 is 0 Å². The van der Waals surface area contributed by atoms with Crippen molar-refractivity contribution in [1.29, 1.82) is 0 Å². The maximum absolute atomic E-state index is 5.40. The molecule has 0 radical (unpaired) electrons. The van der Waals surface area contributed by atoms with Crippen molar-refractivity contribution in [2.45, 2.75) is 6.92 Å². The number of hydrogen-bond acceptors (Lipinski definition) is 4. The number of pyridine rings is 1. The number of nitrogens with one attached hydrogen (secondary N) is 3. The second-order valence-corrected chi connectivity index (χ2v) is 4.89. The average Bonchev–Trinajstić information content (AvgIpc) is 2.55. The van der Waals surface area contributed by atoms with E-state index in [0.717, 1.165) is 23.8 Å². The lowest BCUT2D eigenvalue weighted by atomic mass is 10.3. The van der Waals surface area contributed by atoms with Crippen molar-refractivity contribution in [2.24, 2.45) is 0 Å². The zero-order valence-electron chi connectivity index (χ0n) is 12.5. The highest BCUT2D eigenvalue weighted by Gasteiger charge is 1.98. The highest BCUT2D eigenvalue weighted by molar-refractivity contribution is 7.80. The van der Waals surface area contributed by atoms with Gasteiger partial charge in [0.2, 0.25) is 0 Å². The van der Waals surface area contributed by atoms with Crippen LogP contribution in [0.5, 0.6) is 5.75 Å². The molecular weight excluding hydrogens is 296 g/mol. The van der Waals surface area contributed by atoms with Crippen LogP contribution < -0.4 is 20.7 Å². The molecule has 116 valence electrons. The van der Waals surface area contributed by atoms with Gasteiger partial charge < -0.3 is 20.7 Å². The SMILES string of the molecule is CCOc1ccc(NC(=S)NCCNc2ccccn2)cc1. The normalized spacial score (nSPS) is 9.86. The van der Waals surface area contributed by atoms with Crippen LogP contribution >= 0.6 is 12.2 Å². The highest BCUT2D eigenvalue weighted by atomic mass is 32.1. The summed E-state index contributed by atoms with van der Waals surface area (Å²) in [6.07, 6.45) is 1.76. The first-order valence-corrected chi connectivity index (χ1v) is 7.61. The minimum absolute atomic E-state index is 0.590. The Bertz CT molecular complexity index is 574. The molecule has 0 unspecified atom stereocenters. The molecule has 2 rings (SSSR count). The van der Waals surface area contributed by atoms with Gasteiger partial charge in [-0.3, -0.25) is 0 Å². The van der Waals surface area contributed by atoms with Crippen molar-refractivity contribution >= 4 is 28.8 Å². The van der Waals surface area contributed by atoms with Crippen LogP contribution in [-0.2, 0) is 0 Å². The summed E-state index contributed by atoms with van der Waals surface area (Å²) < 4.78 is 5.40. The molecule has 3 N–H and O–H groups in total. The summed E-state index contributed by atoms with van der Waals surface area (Å²) in [4.78, 5) is 4.19. The number of anilines is 2. The molecule has 22 heavy (non-hydrogen) atoms. The van der Waals surface area contributed by atoms with E-state index in [-0.39, 0.29) is 0 Å². The van der Waals surface area contributed by atoms with Crippen LogP contribution in [0.3, 0.4) is 0 Å². The molecule has 0 aliphatic rings. The number of aromatic nitrogens is 1. The quantitative estimate of drug-likeness (QED) is 0.539. The maximum Gasteiger partial charge on any atom is 0.170 e. The first kappa shape index (κ1) is 16.0. The Morgan fingerprint density at radius 2 is 1.95 bits per heavy atom. The lowest BCUT2D eigenvalue weighted by Gasteiger charge is -2.11. The minimum Gasteiger partial charge on any atom is -0.494 e. The van der Waals surface area contributed by atoms with Crippen LogP contribution in [-0.4, -0.2) is 29.8 Å². The summed E-state index contributed by atoms with van der Waals surface area (Å²) >= 11 is 5.25. The van der Waals surface area contributed by atoms with Crippen LogP contribution in [0.2, 0.25) is 0 Å². The molecule has 0 atom stereocenters. The molecule has 1 aromatic carbocycles. The molecular formula is C16H20N4OS. The summed E-state index contributed by atoms with van der Waals surface area (Å²) in [6, 6.07) is 13.5. The number of ether oxygens (including phenoxy) is 1. The summed E-state index contributed by atoms with van der Waals surface area (Å²) in [7, 11) is 0. The first-order valence-electron chi connectivity index (χ1n) is 7.20. The van der Waals surface area contributed by atoms with Gasteiger partial charge in [-0.1, -0.05) is 6.07 Å². The molecule has 5 nitrogen and oxygen atoms in total. The van der Waals surface area contributed by atoms with Gasteiger partial charge in [-0.05, 0) is 55.5 Å². The molecule has 0 saturated heterocycles. The number of thiocarbonyl (C=S) groups is 1. The Balaban J connectivity index is 1.67. The van der Waals surface area contributed by atoms with E-state index in [1.165, 1.54) is 0 Å². The molecule has 1 aromatic heterocycles. The average molecular weight is 316 g/mol. The van der Waals surface area contributed by atoms with Gasteiger partial charge in [-0.15, -0.1) is 0 Å². The summed E-state index contributed by atoms with van der Waals surface area (Å²) in [5.74, 6) is 1.71. The third-order valence-electron chi connectivity index (χ3n) is 2.80. The molecule has 0 bridgehead atoms. The van der Waals surface area contributed by atoms with Gasteiger partial charge in [-0.2, -0.15) is 0 Å². The molecule has 2 aromatic rings. The summed E-state index contributed by atoms with van der Waals surface area (Å²) in [6.45, 7) is 4.07. The van der Waals surface area contributed by atoms with Gasteiger partial charge in [0.25, 0.3) is 0 Å². The molecule has 0 amide bonds. The van der Waals surface area contributed by atoms with Crippen LogP contribution in [0.15, 0.2) is 48.7 Å². The van der Waals surface area contributed by atoms with E-state index in [2.05, 4.69) is 20.9 Å². The van der Waals surface area contributed by atoms with Gasteiger partial charge in [0.05, 0.1) is 6.61 Å². The highest BCUT2D eigenvalue weighted by Crippen LogP contribution is 2.15. The van der Waals surface area contributed by atoms with Crippen LogP contribution in [0.25, 0.3) is 0 Å². The van der Waals surface area contributed by atoms with Crippen LogP contribution in [0.1, 0.15) is 6.92 Å². The van der Waals surface area contributed by atoms with E-state index >= 15 is 0 Å². The van der Waals surface area contributed by atoms with Crippen molar-refractivity contribution in [1.82, 2.24) is 10.3 Å². The zero-order valence-corrected chi connectivity index (χ0v) is 13.3. The van der Waals surface area contributed by atoms with Crippen molar-refractivity contribution in [3.8, 4) is 5.75 Å². The third-order valence-corrected chi connectivity index (χ3v) is 3.05. The number of rotatable bonds is 7. The number of nitrogens with zero attached hydrogens (tertiary/aromatic N) is 1. The van der Waals surface area contributed by atoms with Crippen LogP contribution in [0, 0.1) is 0 Å². The Morgan fingerprint density at radius 3 is 2.64 bits per heavy atom. The summed E-state index contributed by atoms with van der Waals surface area (Å²) in [5, 5.41) is 10.1. The lowest BCUT2D eigenvalue weighted by molar-refractivity contribution is 0.340. The monoisotopic (exact) mass is 316 g/mol. The van der Waals surface area contributed by atoms with Crippen molar-refractivity contribution in [2.75, 3.05) is 30.3 Å². The van der Waals surface area contributed by atoms with E-state index in [4.69, 9.17) is 17.0 Å². The molecule has 0 saturated carbocycles. The molecule has 6 heteroatoms. The fourth-order valence-electron chi connectivity index (χ4n) is 1.81. The summed E-state index contributed by atoms with van der Waals surface area (Å²) in [5.41, 5.74) is 0.929. The Hall–Kier alpha value is -2.34. The van der Waals surface area contributed by atoms with Gasteiger partial charge in [0, 0.05) is 25.0 Å². The van der Waals surface area contributed by atoms with E-state index in [9.17, 15) is 0 Å². The fraction of sp³-hybridized carbons (Fsp3) is 0.250. The molecule has 0 spiro atoms. The van der Waals surface area contributed by atoms with Gasteiger partial charge in [-0.25, -0.2) is 4.98 Å². The van der Waals surface area contributed by atoms with Crippen LogP contribution in [0.4, 0.5) is 11.5 Å². The first-order chi connectivity index (χ1) is 10.8. The Morgan fingerprint density at radius 1 is 1.14 bits per heavy atom. The van der Waals surface area contributed by atoms with Gasteiger partial charge >= 0.3 is 0 Å². The van der Waals surface area contributed by atoms with E-state index in [0.29, 0.717) is 18.3 Å². The molecule has 0 fully saturated rings. The van der Waals surface area contributed by atoms with E-state index in [1.807, 2.05) is 49.4 Å². The predicted molar refractivity (Wildman–Crippen MR) is 94.6 cm³/mol. The largest absolute Gasteiger partial charge is 0.494 e. The van der Waals surface area contributed by atoms with Gasteiger partial charge in [0.1, 0.15) is 11.6 Å². The van der Waals surface area contributed by atoms with Gasteiger partial charge in [0.15, 0.2) is 5.11 Å². The zero-order chi connectivity index (χ0) is 15.6. The van der Waals surface area contributed by atoms with E-state index in [1.54, 1.807) is 6.20 Å². The lowest BCUT2D eigenvalue weighted by Crippen LogP contribution is -2.32. The second-order valence-electron chi connectivity index (χ2n) is 4.48. The molecule has 1 heterocycles. The third kappa shape index (κ3) is 5.57. The maximum atomic E-state index is 5.40. The topological polar surface area (TPSA) is 58.2 Å². The number of hydrogen-bond donors (Lipinski definition) is 3. The Labute approximate surface area is 136 Å². The van der Waals surface area contributed by atoms with Crippen molar-refractivity contribution in [3.05, 3.63) is 48.7 Å². The second kappa shape index (κ2) is 8.84.